The maximum atomic E-state index is 13.4. The summed E-state index contributed by atoms with van der Waals surface area (Å²) in [5, 5.41) is 5.17. The van der Waals surface area contributed by atoms with Crippen LogP contribution in [0.3, 0.4) is 0 Å². The number of ether oxygens (including phenoxy) is 4. The van der Waals surface area contributed by atoms with Crippen LogP contribution in [0, 0.1) is 0 Å². The van der Waals surface area contributed by atoms with E-state index in [-0.39, 0.29) is 24.1 Å². The molecule has 11 heteroatoms. The molecule has 0 saturated carbocycles. The number of hydrogen-bond donors (Lipinski definition) is 2. The van der Waals surface area contributed by atoms with Gasteiger partial charge in [-0.15, -0.1) is 0 Å². The lowest BCUT2D eigenvalue weighted by molar-refractivity contribution is -0.122. The number of anilines is 2. The van der Waals surface area contributed by atoms with Crippen LogP contribution in [0.15, 0.2) is 60.7 Å². The molecule has 0 bridgehead atoms. The summed E-state index contributed by atoms with van der Waals surface area (Å²) in [6, 6.07) is 20.1. The Hall–Kier alpha value is -4.77. The first kappa shape index (κ1) is 32.8. The molecule has 49 heavy (non-hydrogen) atoms. The topological polar surface area (TPSA) is 119 Å². The Morgan fingerprint density at radius 1 is 0.837 bits per heavy atom. The Labute approximate surface area is 286 Å². The normalized spacial score (nSPS) is 22.4. The van der Waals surface area contributed by atoms with Crippen molar-refractivity contribution in [3.8, 4) is 11.5 Å². The van der Waals surface area contributed by atoms with Crippen molar-refractivity contribution in [1.29, 1.82) is 0 Å². The molecule has 258 valence electrons. The molecule has 2 N–H and O–H groups in total. The predicted octanol–water partition coefficient (Wildman–Crippen LogP) is 5.83. The maximum absolute atomic E-state index is 13.4. The Kier molecular flexibility index (Phi) is 9.35. The summed E-state index contributed by atoms with van der Waals surface area (Å²) in [6.45, 7) is 2.36. The molecule has 3 atom stereocenters. The summed E-state index contributed by atoms with van der Waals surface area (Å²) in [6.07, 6.45) is 6.54. The molecule has 0 aromatic heterocycles. The van der Waals surface area contributed by atoms with Gasteiger partial charge in [0.25, 0.3) is 0 Å². The quantitative estimate of drug-likeness (QED) is 0.272. The molecule has 11 nitrogen and oxygen atoms in total. The molecule has 7 rings (SSSR count). The summed E-state index contributed by atoms with van der Waals surface area (Å²) in [5.41, 5.74) is 3.68. The Morgan fingerprint density at radius 2 is 1.53 bits per heavy atom. The lowest BCUT2D eigenvalue weighted by Gasteiger charge is -2.41. The number of fused-ring (bicyclic) bond motifs is 6. The highest BCUT2D eigenvalue weighted by Gasteiger charge is 2.53. The van der Waals surface area contributed by atoms with E-state index in [1.807, 2.05) is 42.5 Å². The van der Waals surface area contributed by atoms with Crippen LogP contribution in [0.25, 0.3) is 0 Å². The van der Waals surface area contributed by atoms with Crippen LogP contribution in [0.5, 0.6) is 11.5 Å². The van der Waals surface area contributed by atoms with E-state index in [0.717, 1.165) is 79.7 Å². The molecule has 2 amide bonds. The van der Waals surface area contributed by atoms with E-state index in [1.165, 1.54) is 0 Å². The second kappa shape index (κ2) is 14.0. The Bertz CT molecular complexity index is 1640. The van der Waals surface area contributed by atoms with Crippen LogP contribution in [-0.4, -0.2) is 70.6 Å². The van der Waals surface area contributed by atoms with Crippen molar-refractivity contribution >= 4 is 29.3 Å². The van der Waals surface area contributed by atoms with Gasteiger partial charge in [-0.05, 0) is 68.9 Å². The molecule has 2 saturated heterocycles. The fraction of sp³-hybridized carbons (Fsp3) is 0.447. The van der Waals surface area contributed by atoms with E-state index in [9.17, 15) is 14.4 Å². The lowest BCUT2D eigenvalue weighted by Crippen LogP contribution is -2.42. The smallest absolute Gasteiger partial charge is 0.406 e. The highest BCUT2D eigenvalue weighted by Crippen LogP contribution is 2.57. The summed E-state index contributed by atoms with van der Waals surface area (Å²) in [7, 11) is 3.19. The minimum Gasteiger partial charge on any atom is -0.456 e. The van der Waals surface area contributed by atoms with Crippen LogP contribution in [0.4, 0.5) is 16.2 Å². The van der Waals surface area contributed by atoms with Crippen molar-refractivity contribution in [2.45, 2.75) is 69.2 Å². The molecule has 4 heterocycles. The van der Waals surface area contributed by atoms with Gasteiger partial charge in [0.15, 0.2) is 5.60 Å². The van der Waals surface area contributed by atoms with Crippen LogP contribution < -0.4 is 25.2 Å². The predicted molar refractivity (Wildman–Crippen MR) is 184 cm³/mol. The van der Waals surface area contributed by atoms with E-state index < -0.39 is 11.7 Å². The number of alkyl carbamates (subject to hydrolysis) is 1. The average molecular weight is 669 g/mol. The monoisotopic (exact) mass is 668 g/mol. The summed E-state index contributed by atoms with van der Waals surface area (Å²) in [5.74, 6) is 0.841. The van der Waals surface area contributed by atoms with Crippen molar-refractivity contribution in [2.75, 3.05) is 50.2 Å². The standard InChI is InChI=1S/C38H44N4O7/c1-39-34(43)18-22-46-35-12-6-8-20-42(35)27-14-16-31-33(24-27)48-32-23-26(41-19-7-5-9-25(41)17-21-47-37(45)40-2)13-15-30(32)38(31)29-11-4-3-10-28(29)36(44)49-38/h3-4,10-11,13-16,23-25,35H,5-9,12,17-22H2,1-2H3,(H,39,43)(H,40,45). The number of nitrogens with one attached hydrogen (secondary N) is 2. The largest absolute Gasteiger partial charge is 0.456 e. The number of hydrogen-bond acceptors (Lipinski definition) is 9. The zero-order valence-corrected chi connectivity index (χ0v) is 28.2. The number of piperidine rings is 2. The molecule has 3 unspecified atom stereocenters. The Balaban J connectivity index is 1.25. The highest BCUT2D eigenvalue weighted by atomic mass is 16.6. The number of nitrogens with zero attached hydrogens (tertiary/aromatic N) is 2. The van der Waals surface area contributed by atoms with E-state index in [0.29, 0.717) is 43.1 Å². The zero-order valence-electron chi connectivity index (χ0n) is 28.2. The van der Waals surface area contributed by atoms with Crippen LogP contribution in [-0.2, 0) is 24.6 Å². The number of amides is 2. The number of rotatable bonds is 9. The van der Waals surface area contributed by atoms with E-state index in [1.54, 1.807) is 14.1 Å². The molecule has 4 aliphatic heterocycles. The highest BCUT2D eigenvalue weighted by molar-refractivity contribution is 5.97. The molecule has 3 aromatic carbocycles. The molecule has 0 aliphatic carbocycles. The van der Waals surface area contributed by atoms with Crippen molar-refractivity contribution in [2.24, 2.45) is 0 Å². The summed E-state index contributed by atoms with van der Waals surface area (Å²) < 4.78 is 24.8. The van der Waals surface area contributed by atoms with Crippen LogP contribution in [0.1, 0.15) is 78.4 Å². The van der Waals surface area contributed by atoms with E-state index in [2.05, 4.69) is 38.6 Å². The summed E-state index contributed by atoms with van der Waals surface area (Å²) in [4.78, 5) is 41.6. The van der Waals surface area contributed by atoms with Gasteiger partial charge in [-0.25, -0.2) is 9.59 Å². The minimum atomic E-state index is -1.17. The van der Waals surface area contributed by atoms with Gasteiger partial charge in [-0.1, -0.05) is 18.2 Å². The first-order chi connectivity index (χ1) is 23.9. The van der Waals surface area contributed by atoms with Crippen LogP contribution >= 0.6 is 0 Å². The molecule has 3 aromatic rings. The third-order valence-corrected chi connectivity index (χ3v) is 10.2. The van der Waals surface area contributed by atoms with Crippen molar-refractivity contribution in [3.05, 3.63) is 82.9 Å². The van der Waals surface area contributed by atoms with Gasteiger partial charge in [0.1, 0.15) is 17.7 Å². The van der Waals surface area contributed by atoms with Crippen molar-refractivity contribution < 1.29 is 33.3 Å². The Morgan fingerprint density at radius 3 is 2.27 bits per heavy atom. The third kappa shape index (κ3) is 6.16. The first-order valence-corrected chi connectivity index (χ1v) is 17.4. The molecule has 0 radical (unpaired) electrons. The number of carbonyl (C=O) groups excluding carboxylic acids is 3. The molecular weight excluding hydrogens is 624 g/mol. The average Bonchev–Trinajstić information content (AvgIpc) is 3.43. The molecular formula is C38H44N4O7. The fourth-order valence-corrected chi connectivity index (χ4v) is 7.79. The van der Waals surface area contributed by atoms with Gasteiger partial charge >= 0.3 is 12.1 Å². The number of esters is 1. The number of benzene rings is 3. The molecule has 2 fully saturated rings. The van der Waals surface area contributed by atoms with Crippen molar-refractivity contribution in [1.82, 2.24) is 10.6 Å². The van der Waals surface area contributed by atoms with Gasteiger partial charge in [-0.3, -0.25) is 4.79 Å². The van der Waals surface area contributed by atoms with Gasteiger partial charge in [0.05, 0.1) is 25.2 Å². The van der Waals surface area contributed by atoms with Gasteiger partial charge in [-0.2, -0.15) is 0 Å². The van der Waals surface area contributed by atoms with Crippen LogP contribution in [0.2, 0.25) is 0 Å². The lowest BCUT2D eigenvalue weighted by atomic mass is 9.77. The second-order valence-electron chi connectivity index (χ2n) is 13.0. The van der Waals surface area contributed by atoms with Gasteiger partial charge in [0, 0.05) is 79.8 Å². The zero-order chi connectivity index (χ0) is 34.0. The first-order valence-electron chi connectivity index (χ1n) is 17.4. The fourth-order valence-electron chi connectivity index (χ4n) is 7.79. The van der Waals surface area contributed by atoms with Gasteiger partial charge in [0.2, 0.25) is 5.91 Å². The summed E-state index contributed by atoms with van der Waals surface area (Å²) >= 11 is 0. The second-order valence-corrected chi connectivity index (χ2v) is 13.0. The van der Waals surface area contributed by atoms with Crippen molar-refractivity contribution in [3.63, 3.8) is 0 Å². The van der Waals surface area contributed by atoms with Gasteiger partial charge < -0.3 is 39.4 Å². The van der Waals surface area contributed by atoms with E-state index in [4.69, 9.17) is 18.9 Å². The molecule has 1 spiro atoms. The third-order valence-electron chi connectivity index (χ3n) is 10.2. The minimum absolute atomic E-state index is 0.0487. The van der Waals surface area contributed by atoms with E-state index >= 15 is 0 Å². The molecule has 4 aliphatic rings. The maximum Gasteiger partial charge on any atom is 0.406 e. The number of carbonyl (C=O) groups is 3. The SMILES string of the molecule is CNC(=O)CCOC1CCCCN1c1ccc2c(c1)Oc1cc(N3CCCCC3CCOC(=O)NC)ccc1C21OC(=O)c2ccccc21.